The highest BCUT2D eigenvalue weighted by Gasteiger charge is 2.11. The minimum atomic E-state index is -0.123. The fraction of sp³-hybridized carbons (Fsp3) is 0.150. The molecule has 136 valence electrons. The number of nitrogens with one attached hydrogen (secondary N) is 1. The second-order valence-electron chi connectivity index (χ2n) is 6.06. The number of aromatic nitrogens is 2. The van der Waals surface area contributed by atoms with E-state index in [0.717, 1.165) is 11.1 Å². The van der Waals surface area contributed by atoms with Gasteiger partial charge in [-0.3, -0.25) is 4.79 Å². The zero-order valence-electron chi connectivity index (χ0n) is 14.6. The summed E-state index contributed by atoms with van der Waals surface area (Å²) in [5.41, 5.74) is 4.31. The minimum absolute atomic E-state index is 0.123. The van der Waals surface area contributed by atoms with Crippen LogP contribution in [0, 0.1) is 6.92 Å². The number of carbonyl (C=O) groups excluding carboxylic acids is 1. The first kappa shape index (κ1) is 17.4. The van der Waals surface area contributed by atoms with E-state index in [1.165, 1.54) is 17.3 Å². The number of aryl methyl sites for hydroxylation is 1. The number of oxazole rings is 1. The van der Waals surface area contributed by atoms with Gasteiger partial charge in [-0.25, -0.2) is 4.98 Å². The van der Waals surface area contributed by atoms with Crippen molar-refractivity contribution in [1.82, 2.24) is 15.5 Å². The van der Waals surface area contributed by atoms with Gasteiger partial charge in [-0.2, -0.15) is 0 Å². The molecule has 1 amide bonds. The van der Waals surface area contributed by atoms with Gasteiger partial charge in [0.25, 0.3) is 5.22 Å². The fourth-order valence-electron chi connectivity index (χ4n) is 2.53. The minimum Gasteiger partial charge on any atom is -0.431 e. The summed E-state index contributed by atoms with van der Waals surface area (Å²) >= 11 is 1.26. The highest BCUT2D eigenvalue weighted by atomic mass is 32.2. The molecule has 0 unspecified atom stereocenters. The van der Waals surface area contributed by atoms with Crippen molar-refractivity contribution < 1.29 is 13.7 Å². The highest BCUT2D eigenvalue weighted by Crippen LogP contribution is 2.23. The second kappa shape index (κ2) is 7.67. The molecular formula is C20H17N3O3S. The Morgan fingerprint density at radius 1 is 1.15 bits per heavy atom. The van der Waals surface area contributed by atoms with Crippen LogP contribution in [0.2, 0.25) is 0 Å². The van der Waals surface area contributed by atoms with Crippen LogP contribution in [-0.4, -0.2) is 21.8 Å². The normalized spacial score (nSPS) is 11.0. The molecule has 0 aliphatic carbocycles. The van der Waals surface area contributed by atoms with Gasteiger partial charge in [0.2, 0.25) is 5.91 Å². The lowest BCUT2D eigenvalue weighted by molar-refractivity contribution is -0.118. The maximum Gasteiger partial charge on any atom is 0.257 e. The third kappa shape index (κ3) is 4.20. The Kier molecular flexibility index (Phi) is 4.93. The molecular weight excluding hydrogens is 362 g/mol. The molecule has 0 saturated carbocycles. The lowest BCUT2D eigenvalue weighted by Gasteiger charge is -2.00. The second-order valence-corrected chi connectivity index (χ2v) is 6.99. The predicted octanol–water partition coefficient (Wildman–Crippen LogP) is 4.20. The van der Waals surface area contributed by atoms with Gasteiger partial charge in [0.15, 0.2) is 11.3 Å². The zero-order chi connectivity index (χ0) is 18.6. The first-order valence-corrected chi connectivity index (χ1v) is 9.44. The number of rotatable bonds is 6. The number of hydrogen-bond donors (Lipinski definition) is 1. The van der Waals surface area contributed by atoms with E-state index in [4.69, 9.17) is 8.94 Å². The van der Waals surface area contributed by atoms with Gasteiger partial charge in [-0.15, -0.1) is 0 Å². The van der Waals surface area contributed by atoms with Crippen LogP contribution in [0.25, 0.3) is 22.4 Å². The Morgan fingerprint density at radius 2 is 1.96 bits per heavy atom. The molecule has 4 aromatic rings. The molecule has 6 nitrogen and oxygen atoms in total. The summed E-state index contributed by atoms with van der Waals surface area (Å²) in [7, 11) is 0. The molecule has 0 bridgehead atoms. The molecule has 0 radical (unpaired) electrons. The van der Waals surface area contributed by atoms with Gasteiger partial charge in [0.1, 0.15) is 11.2 Å². The third-order valence-electron chi connectivity index (χ3n) is 3.96. The van der Waals surface area contributed by atoms with Crippen molar-refractivity contribution in [2.45, 2.75) is 18.7 Å². The van der Waals surface area contributed by atoms with Crippen LogP contribution in [0.4, 0.5) is 0 Å². The number of benzene rings is 2. The van der Waals surface area contributed by atoms with Crippen LogP contribution >= 0.6 is 11.8 Å². The van der Waals surface area contributed by atoms with Gasteiger partial charge in [-0.1, -0.05) is 58.9 Å². The molecule has 0 fully saturated rings. The molecule has 2 aromatic heterocycles. The summed E-state index contributed by atoms with van der Waals surface area (Å²) in [5.74, 6) is 0.775. The number of amides is 1. The number of nitrogens with zero attached hydrogens (tertiary/aromatic N) is 2. The topological polar surface area (TPSA) is 81.2 Å². The molecule has 0 atom stereocenters. The van der Waals surface area contributed by atoms with E-state index >= 15 is 0 Å². The predicted molar refractivity (Wildman–Crippen MR) is 103 cm³/mol. The largest absolute Gasteiger partial charge is 0.431 e. The number of hydrogen-bond acceptors (Lipinski definition) is 6. The van der Waals surface area contributed by atoms with Gasteiger partial charge >= 0.3 is 0 Å². The van der Waals surface area contributed by atoms with Crippen molar-refractivity contribution in [2.75, 3.05) is 5.75 Å². The van der Waals surface area contributed by atoms with Gasteiger partial charge in [0.05, 0.1) is 12.3 Å². The standard InChI is InChI=1S/C20H17N3O3S/c1-13-6-8-14(9-7-13)18-10-15(23-26-18)11-21-19(24)12-27-20-22-16-4-2-3-5-17(16)25-20/h2-10H,11-12H2,1H3,(H,21,24). The van der Waals surface area contributed by atoms with Gasteiger partial charge < -0.3 is 14.3 Å². The number of thioether (sulfide) groups is 1. The fourth-order valence-corrected chi connectivity index (χ4v) is 3.20. The summed E-state index contributed by atoms with van der Waals surface area (Å²) in [6.07, 6.45) is 0. The van der Waals surface area contributed by atoms with Crippen LogP contribution in [-0.2, 0) is 11.3 Å². The van der Waals surface area contributed by atoms with Crippen LogP contribution < -0.4 is 5.32 Å². The van der Waals surface area contributed by atoms with Crippen LogP contribution in [0.3, 0.4) is 0 Å². The molecule has 27 heavy (non-hydrogen) atoms. The van der Waals surface area contributed by atoms with E-state index in [1.807, 2.05) is 61.5 Å². The zero-order valence-corrected chi connectivity index (χ0v) is 15.5. The molecule has 0 aliphatic heterocycles. The highest BCUT2D eigenvalue weighted by molar-refractivity contribution is 7.99. The van der Waals surface area contributed by atoms with E-state index in [2.05, 4.69) is 15.5 Å². The Hall–Kier alpha value is -3.06. The summed E-state index contributed by atoms with van der Waals surface area (Å²) in [5, 5.41) is 7.31. The smallest absolute Gasteiger partial charge is 0.257 e. The average molecular weight is 379 g/mol. The van der Waals surface area contributed by atoms with Crippen molar-refractivity contribution in [3.63, 3.8) is 0 Å². The molecule has 2 heterocycles. The van der Waals surface area contributed by atoms with Crippen molar-refractivity contribution in [3.8, 4) is 11.3 Å². The van der Waals surface area contributed by atoms with E-state index in [0.29, 0.717) is 28.8 Å². The lowest BCUT2D eigenvalue weighted by Crippen LogP contribution is -2.24. The summed E-state index contributed by atoms with van der Waals surface area (Å²) in [4.78, 5) is 16.4. The number of fused-ring (bicyclic) bond motifs is 1. The van der Waals surface area contributed by atoms with Crippen LogP contribution in [0.1, 0.15) is 11.3 Å². The van der Waals surface area contributed by atoms with Crippen molar-refractivity contribution >= 4 is 28.8 Å². The maximum atomic E-state index is 12.1. The number of carbonyl (C=O) groups is 1. The maximum absolute atomic E-state index is 12.1. The first-order valence-electron chi connectivity index (χ1n) is 8.45. The Morgan fingerprint density at radius 3 is 2.78 bits per heavy atom. The summed E-state index contributed by atoms with van der Waals surface area (Å²) in [6.45, 7) is 2.34. The Balaban J connectivity index is 1.29. The van der Waals surface area contributed by atoms with Gasteiger partial charge in [-0.05, 0) is 19.1 Å². The molecule has 0 spiro atoms. The Labute approximate surface area is 160 Å². The van der Waals surface area contributed by atoms with Crippen LogP contribution in [0.5, 0.6) is 0 Å². The molecule has 4 rings (SSSR count). The monoisotopic (exact) mass is 379 g/mol. The van der Waals surface area contributed by atoms with Crippen molar-refractivity contribution in [2.24, 2.45) is 0 Å². The lowest BCUT2D eigenvalue weighted by atomic mass is 10.1. The molecule has 0 saturated heterocycles. The molecule has 0 aliphatic rings. The third-order valence-corrected chi connectivity index (χ3v) is 4.79. The first-order chi connectivity index (χ1) is 13.2. The van der Waals surface area contributed by atoms with E-state index in [-0.39, 0.29) is 11.7 Å². The summed E-state index contributed by atoms with van der Waals surface area (Å²) in [6, 6.07) is 17.3. The van der Waals surface area contributed by atoms with Crippen molar-refractivity contribution in [3.05, 3.63) is 65.9 Å². The van der Waals surface area contributed by atoms with E-state index < -0.39 is 0 Å². The SMILES string of the molecule is Cc1ccc(-c2cc(CNC(=O)CSc3nc4ccccc4o3)no2)cc1. The van der Waals surface area contributed by atoms with Crippen LogP contribution in [0.15, 0.2) is 68.8 Å². The number of para-hydroxylation sites is 2. The van der Waals surface area contributed by atoms with E-state index in [1.54, 1.807) is 0 Å². The average Bonchev–Trinajstić information content (AvgIpc) is 3.32. The quantitative estimate of drug-likeness (QED) is 0.506. The molecule has 1 N–H and O–H groups in total. The van der Waals surface area contributed by atoms with Gasteiger partial charge in [0, 0.05) is 11.6 Å². The van der Waals surface area contributed by atoms with Crippen molar-refractivity contribution in [1.29, 1.82) is 0 Å². The summed E-state index contributed by atoms with van der Waals surface area (Å²) < 4.78 is 10.9. The molecule has 2 aromatic carbocycles. The van der Waals surface area contributed by atoms with E-state index in [9.17, 15) is 4.79 Å². The Bertz CT molecular complexity index is 1040. The molecule has 7 heteroatoms.